The second kappa shape index (κ2) is 6.00. The summed E-state index contributed by atoms with van der Waals surface area (Å²) in [7, 11) is 3.19. The minimum Gasteiger partial charge on any atom is -0.493 e. The van der Waals surface area contributed by atoms with Gasteiger partial charge in [0.05, 0.1) is 25.5 Å². The zero-order chi connectivity index (χ0) is 16.4. The van der Waals surface area contributed by atoms with Crippen LogP contribution in [-0.4, -0.2) is 34.7 Å². The molecule has 2 heterocycles. The maximum atomic E-state index is 11.0. The Morgan fingerprint density at radius 1 is 1.17 bits per heavy atom. The molecule has 0 saturated carbocycles. The molecule has 0 aliphatic carbocycles. The van der Waals surface area contributed by atoms with Gasteiger partial charge in [0.1, 0.15) is 5.65 Å². The lowest BCUT2D eigenvalue weighted by atomic mass is 10.1. The smallest absolute Gasteiger partial charge is 0.335 e. The zero-order valence-electron chi connectivity index (χ0n) is 12.8. The van der Waals surface area contributed by atoms with Crippen molar-refractivity contribution in [3.8, 4) is 11.5 Å². The number of imidazole rings is 1. The first-order valence-corrected chi connectivity index (χ1v) is 7.02. The molecule has 3 rings (SSSR count). The van der Waals surface area contributed by atoms with Gasteiger partial charge in [-0.05, 0) is 29.8 Å². The largest absolute Gasteiger partial charge is 0.493 e. The van der Waals surface area contributed by atoms with Crippen molar-refractivity contribution in [3.05, 3.63) is 59.5 Å². The number of fused-ring (bicyclic) bond motifs is 1. The Kier molecular flexibility index (Phi) is 3.89. The van der Waals surface area contributed by atoms with Crippen molar-refractivity contribution in [1.29, 1.82) is 0 Å². The first-order valence-electron chi connectivity index (χ1n) is 7.02. The Morgan fingerprint density at radius 2 is 1.96 bits per heavy atom. The van der Waals surface area contributed by atoms with E-state index in [4.69, 9.17) is 14.6 Å². The van der Waals surface area contributed by atoms with Gasteiger partial charge in [0.2, 0.25) is 0 Å². The molecule has 0 aliphatic heterocycles. The van der Waals surface area contributed by atoms with Crippen LogP contribution in [-0.2, 0) is 6.42 Å². The van der Waals surface area contributed by atoms with Crippen molar-refractivity contribution in [1.82, 2.24) is 9.38 Å². The van der Waals surface area contributed by atoms with Crippen LogP contribution in [0.4, 0.5) is 0 Å². The van der Waals surface area contributed by atoms with E-state index in [-0.39, 0.29) is 5.56 Å². The van der Waals surface area contributed by atoms with Crippen molar-refractivity contribution in [2.45, 2.75) is 6.42 Å². The number of aromatic carboxylic acids is 1. The number of carbonyl (C=O) groups is 1. The number of hydrogen-bond donors (Lipinski definition) is 1. The van der Waals surface area contributed by atoms with Crippen LogP contribution in [0.15, 0.2) is 42.7 Å². The van der Waals surface area contributed by atoms with E-state index in [1.807, 2.05) is 28.8 Å². The van der Waals surface area contributed by atoms with Gasteiger partial charge in [-0.2, -0.15) is 0 Å². The third kappa shape index (κ3) is 2.96. The fraction of sp³-hybridized carbons (Fsp3) is 0.176. The van der Waals surface area contributed by atoms with E-state index >= 15 is 0 Å². The lowest BCUT2D eigenvalue weighted by Crippen LogP contribution is -1.97. The molecule has 23 heavy (non-hydrogen) atoms. The van der Waals surface area contributed by atoms with Crippen LogP contribution in [0.1, 0.15) is 21.6 Å². The van der Waals surface area contributed by atoms with Gasteiger partial charge in [0.25, 0.3) is 0 Å². The molecule has 0 saturated heterocycles. The first-order chi connectivity index (χ1) is 11.1. The van der Waals surface area contributed by atoms with E-state index in [0.717, 1.165) is 11.3 Å². The van der Waals surface area contributed by atoms with Crippen LogP contribution in [0.2, 0.25) is 0 Å². The molecule has 0 spiro atoms. The minimum atomic E-state index is -0.961. The average molecular weight is 312 g/mol. The van der Waals surface area contributed by atoms with Gasteiger partial charge in [-0.1, -0.05) is 6.07 Å². The highest BCUT2D eigenvalue weighted by molar-refractivity contribution is 5.88. The molecule has 6 nitrogen and oxygen atoms in total. The van der Waals surface area contributed by atoms with E-state index in [2.05, 4.69) is 4.98 Å². The molecule has 0 unspecified atom stereocenters. The molecule has 0 atom stereocenters. The number of carboxylic acid groups (broad SMARTS) is 1. The highest BCUT2D eigenvalue weighted by Crippen LogP contribution is 2.28. The normalized spacial score (nSPS) is 10.7. The first kappa shape index (κ1) is 14.9. The third-order valence-electron chi connectivity index (χ3n) is 3.59. The van der Waals surface area contributed by atoms with Gasteiger partial charge in [-0.3, -0.25) is 0 Å². The third-order valence-corrected chi connectivity index (χ3v) is 3.59. The molecule has 2 aromatic heterocycles. The summed E-state index contributed by atoms with van der Waals surface area (Å²) in [6.07, 6.45) is 4.20. The highest BCUT2D eigenvalue weighted by atomic mass is 16.5. The Bertz CT molecular complexity index is 870. The summed E-state index contributed by atoms with van der Waals surface area (Å²) < 4.78 is 12.3. The number of carboxylic acids is 1. The van der Waals surface area contributed by atoms with Crippen LogP contribution in [0.5, 0.6) is 11.5 Å². The summed E-state index contributed by atoms with van der Waals surface area (Å²) in [6, 6.07) is 8.82. The second-order valence-corrected chi connectivity index (χ2v) is 5.08. The topological polar surface area (TPSA) is 73.1 Å². The standard InChI is InChI=1S/C17H16N2O4/c1-22-14-4-3-11(8-15(14)23-2)7-13-10-19-6-5-12(17(20)21)9-16(19)18-13/h3-6,8-10H,7H2,1-2H3,(H,20,21). The molecular weight excluding hydrogens is 296 g/mol. The maximum Gasteiger partial charge on any atom is 0.335 e. The van der Waals surface area contributed by atoms with Crippen molar-refractivity contribution in [3.63, 3.8) is 0 Å². The predicted octanol–water partition coefficient (Wildman–Crippen LogP) is 2.64. The Hall–Kier alpha value is -3.02. The van der Waals surface area contributed by atoms with Crippen molar-refractivity contribution in [2.75, 3.05) is 14.2 Å². The number of hydrogen-bond acceptors (Lipinski definition) is 4. The number of benzene rings is 1. The van der Waals surface area contributed by atoms with Gasteiger partial charge in [-0.15, -0.1) is 0 Å². The van der Waals surface area contributed by atoms with Crippen molar-refractivity contribution in [2.24, 2.45) is 0 Å². The van der Waals surface area contributed by atoms with Gasteiger partial charge in [0.15, 0.2) is 11.5 Å². The molecule has 0 aliphatic rings. The Morgan fingerprint density at radius 3 is 2.65 bits per heavy atom. The van der Waals surface area contributed by atoms with Crippen LogP contribution in [0.25, 0.3) is 5.65 Å². The number of rotatable bonds is 5. The quantitative estimate of drug-likeness (QED) is 0.784. The maximum absolute atomic E-state index is 11.0. The minimum absolute atomic E-state index is 0.223. The molecule has 0 amide bonds. The average Bonchev–Trinajstić information content (AvgIpc) is 2.95. The fourth-order valence-electron chi connectivity index (χ4n) is 2.45. The molecule has 3 aromatic rings. The lowest BCUT2D eigenvalue weighted by molar-refractivity contribution is 0.0697. The van der Waals surface area contributed by atoms with E-state index < -0.39 is 5.97 Å². The fourth-order valence-corrected chi connectivity index (χ4v) is 2.45. The van der Waals surface area contributed by atoms with Gasteiger partial charge >= 0.3 is 5.97 Å². The van der Waals surface area contributed by atoms with Gasteiger partial charge in [0, 0.05) is 18.8 Å². The van der Waals surface area contributed by atoms with Crippen molar-refractivity contribution < 1.29 is 19.4 Å². The summed E-state index contributed by atoms with van der Waals surface area (Å²) >= 11 is 0. The zero-order valence-corrected chi connectivity index (χ0v) is 12.8. The van der Waals surface area contributed by atoms with Gasteiger partial charge < -0.3 is 19.0 Å². The monoisotopic (exact) mass is 312 g/mol. The molecule has 0 bridgehead atoms. The summed E-state index contributed by atoms with van der Waals surface area (Å²) in [4.78, 5) is 15.5. The summed E-state index contributed by atoms with van der Waals surface area (Å²) in [5, 5.41) is 9.03. The number of aromatic nitrogens is 2. The summed E-state index contributed by atoms with van der Waals surface area (Å²) in [5.41, 5.74) is 2.71. The number of ether oxygens (including phenoxy) is 2. The predicted molar refractivity (Wildman–Crippen MR) is 84.5 cm³/mol. The molecule has 1 aromatic carbocycles. The highest BCUT2D eigenvalue weighted by Gasteiger charge is 2.09. The Labute approximate surface area is 132 Å². The summed E-state index contributed by atoms with van der Waals surface area (Å²) in [5.74, 6) is 0.385. The molecule has 118 valence electrons. The number of methoxy groups -OCH3 is 2. The van der Waals surface area contributed by atoms with E-state index in [1.54, 1.807) is 32.5 Å². The molecule has 1 N–H and O–H groups in total. The van der Waals surface area contributed by atoms with E-state index in [9.17, 15) is 4.79 Å². The lowest BCUT2D eigenvalue weighted by Gasteiger charge is -2.08. The Balaban J connectivity index is 1.90. The molecule has 0 radical (unpaired) electrons. The van der Waals surface area contributed by atoms with E-state index in [1.165, 1.54) is 0 Å². The van der Waals surface area contributed by atoms with Crippen LogP contribution in [0, 0.1) is 0 Å². The second-order valence-electron chi connectivity index (χ2n) is 5.08. The summed E-state index contributed by atoms with van der Waals surface area (Å²) in [6.45, 7) is 0. The van der Waals surface area contributed by atoms with Crippen molar-refractivity contribution >= 4 is 11.6 Å². The van der Waals surface area contributed by atoms with Crippen LogP contribution in [0.3, 0.4) is 0 Å². The molecule has 6 heteroatoms. The van der Waals surface area contributed by atoms with Crippen LogP contribution >= 0.6 is 0 Å². The SMILES string of the molecule is COc1ccc(Cc2cn3ccc(C(=O)O)cc3n2)cc1OC. The molecular formula is C17H16N2O4. The number of nitrogens with zero attached hydrogens (tertiary/aromatic N) is 2. The number of pyridine rings is 1. The van der Waals surface area contributed by atoms with Gasteiger partial charge in [-0.25, -0.2) is 9.78 Å². The van der Waals surface area contributed by atoms with E-state index in [0.29, 0.717) is 23.6 Å². The molecule has 0 fully saturated rings. The van der Waals surface area contributed by atoms with Crippen LogP contribution < -0.4 is 9.47 Å².